The molecule has 1 nitrogen and oxygen atoms in total. The lowest BCUT2D eigenvalue weighted by molar-refractivity contribution is 0.603. The van der Waals surface area contributed by atoms with Crippen molar-refractivity contribution in [2.45, 2.75) is 26.3 Å². The molecule has 72 valence electrons. The topological polar surface area (TPSA) is 26.0 Å². The Labute approximate surface area is 86.3 Å². The van der Waals surface area contributed by atoms with Gasteiger partial charge >= 0.3 is 0 Å². The highest BCUT2D eigenvalue weighted by Gasteiger charge is 2.09. The molecular weight excluding hydrogens is 233 g/mol. The average molecular weight is 246 g/mol. The molecule has 0 bridgehead atoms. The average Bonchev–Trinajstić information content (AvgIpc) is 2.09. The van der Waals surface area contributed by atoms with Gasteiger partial charge in [-0.2, -0.15) is 0 Å². The highest BCUT2D eigenvalue weighted by molar-refractivity contribution is 9.10. The third-order valence-electron chi connectivity index (χ3n) is 2.03. The van der Waals surface area contributed by atoms with E-state index in [-0.39, 0.29) is 11.9 Å². The Balaban J connectivity index is 3.22. The number of benzene rings is 1. The van der Waals surface area contributed by atoms with Gasteiger partial charge in [0, 0.05) is 6.04 Å². The van der Waals surface area contributed by atoms with E-state index in [2.05, 4.69) is 15.9 Å². The highest BCUT2D eigenvalue weighted by atomic mass is 79.9. The number of rotatable bonds is 2. The quantitative estimate of drug-likeness (QED) is 0.852. The molecule has 1 aromatic carbocycles. The first kappa shape index (κ1) is 10.7. The maximum atomic E-state index is 13.4. The number of nitrogens with two attached hydrogens (primary N) is 1. The van der Waals surface area contributed by atoms with Crippen LogP contribution in [0.15, 0.2) is 16.6 Å². The van der Waals surface area contributed by atoms with Gasteiger partial charge in [-0.3, -0.25) is 0 Å². The lowest BCUT2D eigenvalue weighted by atomic mass is 10.0. The van der Waals surface area contributed by atoms with Gasteiger partial charge in [0.2, 0.25) is 0 Å². The summed E-state index contributed by atoms with van der Waals surface area (Å²) in [4.78, 5) is 0. The first-order valence-corrected chi connectivity index (χ1v) is 5.09. The standard InChI is InChI=1S/C10H13BrFN/c1-3-7-4-8(6(2)13)5-9(11)10(7)12/h4-6H,3,13H2,1-2H3. The Kier molecular flexibility index (Phi) is 3.45. The Morgan fingerprint density at radius 1 is 1.54 bits per heavy atom. The molecule has 1 rings (SSSR count). The van der Waals surface area contributed by atoms with Crippen LogP contribution in [-0.4, -0.2) is 0 Å². The van der Waals surface area contributed by atoms with Crippen molar-refractivity contribution >= 4 is 15.9 Å². The van der Waals surface area contributed by atoms with E-state index in [9.17, 15) is 4.39 Å². The van der Waals surface area contributed by atoms with Crippen LogP contribution in [0.25, 0.3) is 0 Å². The molecule has 0 aliphatic carbocycles. The summed E-state index contributed by atoms with van der Waals surface area (Å²) in [6, 6.07) is 3.51. The van der Waals surface area contributed by atoms with Crippen LogP contribution in [0.1, 0.15) is 31.0 Å². The van der Waals surface area contributed by atoms with Crippen LogP contribution in [0.2, 0.25) is 0 Å². The Bertz CT molecular complexity index is 310. The molecule has 0 spiro atoms. The van der Waals surface area contributed by atoms with Crippen molar-refractivity contribution < 1.29 is 4.39 Å². The molecule has 0 aliphatic heterocycles. The fraction of sp³-hybridized carbons (Fsp3) is 0.400. The fourth-order valence-electron chi connectivity index (χ4n) is 1.19. The molecule has 0 saturated heterocycles. The van der Waals surface area contributed by atoms with Crippen LogP contribution in [0.3, 0.4) is 0 Å². The van der Waals surface area contributed by atoms with Gasteiger partial charge in [0.25, 0.3) is 0 Å². The van der Waals surface area contributed by atoms with Crippen molar-refractivity contribution in [2.24, 2.45) is 5.73 Å². The van der Waals surface area contributed by atoms with Gasteiger partial charge in [-0.1, -0.05) is 13.0 Å². The summed E-state index contributed by atoms with van der Waals surface area (Å²) in [5.41, 5.74) is 7.39. The largest absolute Gasteiger partial charge is 0.324 e. The summed E-state index contributed by atoms with van der Waals surface area (Å²) in [6.45, 7) is 3.81. The smallest absolute Gasteiger partial charge is 0.140 e. The maximum Gasteiger partial charge on any atom is 0.140 e. The van der Waals surface area contributed by atoms with Crippen LogP contribution in [0, 0.1) is 5.82 Å². The molecular formula is C10H13BrFN. The van der Waals surface area contributed by atoms with E-state index in [0.29, 0.717) is 16.5 Å². The summed E-state index contributed by atoms with van der Waals surface area (Å²) < 4.78 is 13.9. The van der Waals surface area contributed by atoms with E-state index in [1.807, 2.05) is 19.9 Å². The molecule has 0 aliphatic rings. The zero-order valence-corrected chi connectivity index (χ0v) is 9.36. The van der Waals surface area contributed by atoms with Crippen LogP contribution < -0.4 is 5.73 Å². The molecule has 0 aromatic heterocycles. The van der Waals surface area contributed by atoms with Crippen LogP contribution in [-0.2, 0) is 6.42 Å². The first-order valence-electron chi connectivity index (χ1n) is 4.29. The molecule has 0 radical (unpaired) electrons. The van der Waals surface area contributed by atoms with Crippen LogP contribution in [0.5, 0.6) is 0 Å². The van der Waals surface area contributed by atoms with Gasteiger partial charge in [-0.15, -0.1) is 0 Å². The molecule has 0 saturated carbocycles. The van der Waals surface area contributed by atoms with Crippen molar-refractivity contribution in [3.05, 3.63) is 33.5 Å². The molecule has 0 amide bonds. The van der Waals surface area contributed by atoms with Gasteiger partial charge in [-0.05, 0) is 46.5 Å². The molecule has 2 N–H and O–H groups in total. The molecule has 1 aromatic rings. The monoisotopic (exact) mass is 245 g/mol. The van der Waals surface area contributed by atoms with E-state index in [4.69, 9.17) is 5.73 Å². The van der Waals surface area contributed by atoms with Crippen molar-refractivity contribution in [1.29, 1.82) is 0 Å². The predicted octanol–water partition coefficient (Wildman–Crippen LogP) is 3.17. The zero-order chi connectivity index (χ0) is 10.0. The molecule has 3 heteroatoms. The molecule has 1 atom stereocenters. The van der Waals surface area contributed by atoms with Crippen molar-refractivity contribution in [3.63, 3.8) is 0 Å². The predicted molar refractivity (Wildman–Crippen MR) is 56.1 cm³/mol. The van der Waals surface area contributed by atoms with Crippen molar-refractivity contribution in [2.75, 3.05) is 0 Å². The number of hydrogen-bond donors (Lipinski definition) is 1. The molecule has 0 heterocycles. The summed E-state index contributed by atoms with van der Waals surface area (Å²) in [5.74, 6) is -0.174. The van der Waals surface area contributed by atoms with E-state index in [1.54, 1.807) is 6.07 Å². The van der Waals surface area contributed by atoms with Gasteiger partial charge in [0.1, 0.15) is 5.82 Å². The Morgan fingerprint density at radius 3 is 2.62 bits per heavy atom. The second-order valence-electron chi connectivity index (χ2n) is 3.12. The van der Waals surface area contributed by atoms with Gasteiger partial charge in [0.15, 0.2) is 0 Å². The SMILES string of the molecule is CCc1cc(C(C)N)cc(Br)c1F. The normalized spacial score (nSPS) is 13.0. The maximum absolute atomic E-state index is 13.4. The first-order chi connectivity index (χ1) is 6.06. The van der Waals surface area contributed by atoms with Gasteiger partial charge < -0.3 is 5.73 Å². The second kappa shape index (κ2) is 4.20. The van der Waals surface area contributed by atoms with E-state index >= 15 is 0 Å². The van der Waals surface area contributed by atoms with Crippen LogP contribution in [0.4, 0.5) is 4.39 Å². The molecule has 0 fully saturated rings. The lowest BCUT2D eigenvalue weighted by Gasteiger charge is -2.09. The van der Waals surface area contributed by atoms with Gasteiger partial charge in [0.05, 0.1) is 4.47 Å². The van der Waals surface area contributed by atoms with Crippen LogP contribution >= 0.6 is 15.9 Å². The lowest BCUT2D eigenvalue weighted by Crippen LogP contribution is -2.06. The third kappa shape index (κ3) is 2.29. The molecule has 13 heavy (non-hydrogen) atoms. The number of halogens is 2. The third-order valence-corrected chi connectivity index (χ3v) is 2.61. The Morgan fingerprint density at radius 2 is 2.15 bits per heavy atom. The summed E-state index contributed by atoms with van der Waals surface area (Å²) >= 11 is 3.18. The minimum Gasteiger partial charge on any atom is -0.324 e. The van der Waals surface area contributed by atoms with Gasteiger partial charge in [-0.25, -0.2) is 4.39 Å². The molecule has 1 unspecified atom stereocenters. The highest BCUT2D eigenvalue weighted by Crippen LogP contribution is 2.24. The minimum absolute atomic E-state index is 0.0535. The zero-order valence-electron chi connectivity index (χ0n) is 7.77. The summed E-state index contributed by atoms with van der Waals surface area (Å²) in [7, 11) is 0. The number of hydrogen-bond acceptors (Lipinski definition) is 1. The van der Waals surface area contributed by atoms with E-state index in [0.717, 1.165) is 5.56 Å². The van der Waals surface area contributed by atoms with Crippen molar-refractivity contribution in [3.8, 4) is 0 Å². The second-order valence-corrected chi connectivity index (χ2v) is 3.97. The summed E-state index contributed by atoms with van der Waals surface area (Å²) in [6.07, 6.45) is 0.686. The van der Waals surface area contributed by atoms with Crippen molar-refractivity contribution in [1.82, 2.24) is 0 Å². The number of aryl methyl sites for hydroxylation is 1. The van der Waals surface area contributed by atoms with E-state index in [1.165, 1.54) is 0 Å². The van der Waals surface area contributed by atoms with E-state index < -0.39 is 0 Å². The summed E-state index contributed by atoms with van der Waals surface area (Å²) in [5, 5.41) is 0. The Hall–Kier alpha value is -0.410. The fourth-order valence-corrected chi connectivity index (χ4v) is 1.71. The minimum atomic E-state index is -0.174.